The summed E-state index contributed by atoms with van der Waals surface area (Å²) in [5, 5.41) is 6.56. The second-order valence-electron chi connectivity index (χ2n) is 6.30. The molecule has 0 bridgehead atoms. The Bertz CT molecular complexity index is 966. The predicted molar refractivity (Wildman–Crippen MR) is 112 cm³/mol. The minimum absolute atomic E-state index is 0.250. The van der Waals surface area contributed by atoms with Gasteiger partial charge in [0.2, 0.25) is 0 Å². The van der Waals surface area contributed by atoms with Crippen LogP contribution in [-0.2, 0) is 9.53 Å². The lowest BCUT2D eigenvalue weighted by Crippen LogP contribution is -2.20. The summed E-state index contributed by atoms with van der Waals surface area (Å²) in [5.41, 5.74) is 5.90. The molecule has 0 unspecified atom stereocenters. The number of anilines is 2. The molecule has 0 aliphatic carbocycles. The smallest absolute Gasteiger partial charge is 0.359 e. The Hall–Kier alpha value is -3.34. The van der Waals surface area contributed by atoms with Gasteiger partial charge in [0.1, 0.15) is 0 Å². The third kappa shape index (κ3) is 4.44. The fraction of sp³-hybridized carbons (Fsp3) is 0.182. The van der Waals surface area contributed by atoms with Crippen molar-refractivity contribution < 1.29 is 9.53 Å². The maximum Gasteiger partial charge on any atom is 0.359 e. The number of nitrogens with zero attached hydrogens (tertiary/aromatic N) is 2. The molecule has 0 saturated heterocycles. The standard InChI is InChI=1S/C22H23N3O2/c1-4-27-22(26)21(16-8-6-5-7-9-16)24-23-19-12-10-18-15-20(25(2)3)13-11-17(18)14-19/h5-15,23H,4H2,1-3H3/b24-21-. The van der Waals surface area contributed by atoms with E-state index in [9.17, 15) is 4.79 Å². The SMILES string of the molecule is CCOC(=O)/C(=N\Nc1ccc2cc(N(C)C)ccc2c1)c1ccccc1. The van der Waals surface area contributed by atoms with Gasteiger partial charge in [0.05, 0.1) is 12.3 Å². The fourth-order valence-electron chi connectivity index (χ4n) is 2.72. The van der Waals surface area contributed by atoms with Crippen LogP contribution in [0, 0.1) is 0 Å². The summed E-state index contributed by atoms with van der Waals surface area (Å²) in [6, 6.07) is 21.6. The molecule has 3 rings (SSSR count). The van der Waals surface area contributed by atoms with E-state index in [1.54, 1.807) is 6.92 Å². The minimum atomic E-state index is -0.451. The quantitative estimate of drug-likeness (QED) is 0.404. The Balaban J connectivity index is 1.89. The lowest BCUT2D eigenvalue weighted by atomic mass is 10.1. The van der Waals surface area contributed by atoms with Gasteiger partial charge >= 0.3 is 5.97 Å². The van der Waals surface area contributed by atoms with Crippen molar-refractivity contribution in [3.05, 3.63) is 72.3 Å². The summed E-state index contributed by atoms with van der Waals surface area (Å²) in [4.78, 5) is 14.4. The van der Waals surface area contributed by atoms with Gasteiger partial charge in [0.25, 0.3) is 0 Å². The van der Waals surface area contributed by atoms with Crippen molar-refractivity contribution in [2.45, 2.75) is 6.92 Å². The Morgan fingerprint density at radius 3 is 2.41 bits per heavy atom. The number of hydrogen-bond donors (Lipinski definition) is 1. The van der Waals surface area contributed by atoms with Crippen LogP contribution >= 0.6 is 0 Å². The van der Waals surface area contributed by atoms with Crippen LogP contribution < -0.4 is 10.3 Å². The highest BCUT2D eigenvalue weighted by atomic mass is 16.5. The van der Waals surface area contributed by atoms with Crippen molar-refractivity contribution in [2.75, 3.05) is 31.0 Å². The van der Waals surface area contributed by atoms with Crippen LogP contribution in [0.1, 0.15) is 12.5 Å². The number of hydrazone groups is 1. The number of carbonyl (C=O) groups is 1. The molecule has 5 heteroatoms. The zero-order chi connectivity index (χ0) is 19.2. The molecular formula is C22H23N3O2. The molecule has 27 heavy (non-hydrogen) atoms. The van der Waals surface area contributed by atoms with Gasteiger partial charge in [-0.15, -0.1) is 0 Å². The molecule has 0 radical (unpaired) electrons. The van der Waals surface area contributed by atoms with Crippen LogP contribution in [0.25, 0.3) is 10.8 Å². The molecule has 0 heterocycles. The van der Waals surface area contributed by atoms with Crippen LogP contribution in [0.15, 0.2) is 71.8 Å². The van der Waals surface area contributed by atoms with Crippen LogP contribution in [0.4, 0.5) is 11.4 Å². The number of rotatable bonds is 6. The Labute approximate surface area is 159 Å². The van der Waals surface area contributed by atoms with Crippen molar-refractivity contribution in [3.8, 4) is 0 Å². The summed E-state index contributed by atoms with van der Waals surface area (Å²) < 4.78 is 5.14. The van der Waals surface area contributed by atoms with E-state index >= 15 is 0 Å². The number of esters is 1. The van der Waals surface area contributed by atoms with Gasteiger partial charge in [-0.2, -0.15) is 5.10 Å². The summed E-state index contributed by atoms with van der Waals surface area (Å²) in [5.74, 6) is -0.451. The van der Waals surface area contributed by atoms with E-state index < -0.39 is 5.97 Å². The van der Waals surface area contributed by atoms with Crippen molar-refractivity contribution in [3.63, 3.8) is 0 Å². The third-order valence-electron chi connectivity index (χ3n) is 4.15. The van der Waals surface area contributed by atoms with E-state index in [0.29, 0.717) is 12.2 Å². The van der Waals surface area contributed by atoms with Crippen molar-refractivity contribution in [1.29, 1.82) is 0 Å². The summed E-state index contributed by atoms with van der Waals surface area (Å²) >= 11 is 0. The molecule has 0 amide bonds. The average Bonchev–Trinajstić information content (AvgIpc) is 2.68. The first kappa shape index (κ1) is 18.5. The third-order valence-corrected chi connectivity index (χ3v) is 4.15. The van der Waals surface area contributed by atoms with Crippen LogP contribution in [0.2, 0.25) is 0 Å². The van der Waals surface area contributed by atoms with Gasteiger partial charge < -0.3 is 9.64 Å². The van der Waals surface area contributed by atoms with Crippen LogP contribution in [0.5, 0.6) is 0 Å². The maximum absolute atomic E-state index is 12.3. The Morgan fingerprint density at radius 2 is 1.70 bits per heavy atom. The molecule has 3 aromatic carbocycles. The first-order valence-corrected chi connectivity index (χ1v) is 8.86. The fourth-order valence-corrected chi connectivity index (χ4v) is 2.72. The zero-order valence-electron chi connectivity index (χ0n) is 15.8. The molecule has 0 saturated carbocycles. The normalized spacial score (nSPS) is 11.3. The monoisotopic (exact) mass is 361 g/mol. The number of nitrogens with one attached hydrogen (secondary N) is 1. The van der Waals surface area contributed by atoms with E-state index in [1.165, 1.54) is 0 Å². The lowest BCUT2D eigenvalue weighted by molar-refractivity contribution is -0.134. The number of benzene rings is 3. The van der Waals surface area contributed by atoms with Gasteiger partial charge in [0, 0.05) is 25.3 Å². The van der Waals surface area contributed by atoms with Crippen molar-refractivity contribution >= 4 is 33.8 Å². The largest absolute Gasteiger partial charge is 0.461 e. The predicted octanol–water partition coefficient (Wildman–Crippen LogP) is 4.29. The molecule has 0 aromatic heterocycles. The van der Waals surface area contributed by atoms with Crippen molar-refractivity contribution in [2.24, 2.45) is 5.10 Å². The summed E-state index contributed by atoms with van der Waals surface area (Å²) in [6.45, 7) is 2.08. The molecular weight excluding hydrogens is 338 g/mol. The molecule has 0 aliphatic rings. The second kappa shape index (κ2) is 8.36. The number of carbonyl (C=O) groups excluding carboxylic acids is 1. The van der Waals surface area contributed by atoms with Crippen LogP contribution in [0.3, 0.4) is 0 Å². The van der Waals surface area contributed by atoms with Crippen molar-refractivity contribution in [1.82, 2.24) is 0 Å². The average molecular weight is 361 g/mol. The molecule has 1 N–H and O–H groups in total. The van der Waals surface area contributed by atoms with Gasteiger partial charge in [-0.3, -0.25) is 5.43 Å². The first-order chi connectivity index (χ1) is 13.1. The Kier molecular flexibility index (Phi) is 5.71. The minimum Gasteiger partial charge on any atom is -0.461 e. The molecule has 0 aliphatic heterocycles. The highest BCUT2D eigenvalue weighted by molar-refractivity contribution is 6.43. The van der Waals surface area contributed by atoms with E-state index in [0.717, 1.165) is 22.1 Å². The van der Waals surface area contributed by atoms with Gasteiger partial charge in [0.15, 0.2) is 5.71 Å². The molecule has 0 atom stereocenters. The zero-order valence-corrected chi connectivity index (χ0v) is 15.8. The van der Waals surface area contributed by atoms with E-state index in [1.807, 2.05) is 62.6 Å². The number of fused-ring (bicyclic) bond motifs is 1. The Morgan fingerprint density at radius 1 is 1.00 bits per heavy atom. The molecule has 0 spiro atoms. The second-order valence-corrected chi connectivity index (χ2v) is 6.30. The van der Waals surface area contributed by atoms with Gasteiger partial charge in [-0.25, -0.2) is 4.79 Å². The van der Waals surface area contributed by atoms with E-state index in [-0.39, 0.29) is 5.71 Å². The van der Waals surface area contributed by atoms with E-state index in [4.69, 9.17) is 4.74 Å². The first-order valence-electron chi connectivity index (χ1n) is 8.86. The van der Waals surface area contributed by atoms with Gasteiger partial charge in [-0.05, 0) is 42.0 Å². The topological polar surface area (TPSA) is 53.9 Å². The van der Waals surface area contributed by atoms with E-state index in [2.05, 4.69) is 33.6 Å². The van der Waals surface area contributed by atoms with Gasteiger partial charge in [-0.1, -0.05) is 42.5 Å². The molecule has 0 fully saturated rings. The number of hydrogen-bond acceptors (Lipinski definition) is 5. The highest BCUT2D eigenvalue weighted by Gasteiger charge is 2.15. The van der Waals surface area contributed by atoms with Crippen LogP contribution in [-0.4, -0.2) is 32.4 Å². The maximum atomic E-state index is 12.3. The molecule has 3 aromatic rings. The summed E-state index contributed by atoms with van der Waals surface area (Å²) in [6.07, 6.45) is 0. The summed E-state index contributed by atoms with van der Waals surface area (Å²) in [7, 11) is 4.04. The highest BCUT2D eigenvalue weighted by Crippen LogP contribution is 2.24. The molecule has 138 valence electrons. The molecule has 5 nitrogen and oxygen atoms in total. The number of ether oxygens (including phenoxy) is 1. The lowest BCUT2D eigenvalue weighted by Gasteiger charge is -2.13.